The zero-order chi connectivity index (χ0) is 27.5. The quantitative estimate of drug-likeness (QED) is 0.312. The Kier molecular flexibility index (Phi) is 6.90. The molecule has 6 rings (SSSR count). The van der Waals surface area contributed by atoms with Gasteiger partial charge in [-0.15, -0.1) is 10.2 Å². The molecule has 4 saturated carbocycles. The summed E-state index contributed by atoms with van der Waals surface area (Å²) in [6, 6.07) is 7.44. The predicted molar refractivity (Wildman–Crippen MR) is 150 cm³/mol. The Morgan fingerprint density at radius 2 is 1.79 bits per heavy atom. The number of rotatable bonds is 5. The van der Waals surface area contributed by atoms with Gasteiger partial charge in [-0.25, -0.2) is 0 Å². The summed E-state index contributed by atoms with van der Waals surface area (Å²) in [6.45, 7) is 7.22. The number of para-hydroxylation sites is 1. The Morgan fingerprint density at radius 3 is 2.62 bits per heavy atom. The van der Waals surface area contributed by atoms with E-state index in [9.17, 15) is 20.1 Å². The van der Waals surface area contributed by atoms with Crippen molar-refractivity contribution in [2.45, 2.75) is 97.2 Å². The van der Waals surface area contributed by atoms with E-state index in [1.54, 1.807) is 0 Å². The number of amides is 1. The molecule has 212 valence electrons. The van der Waals surface area contributed by atoms with Crippen molar-refractivity contribution in [2.75, 3.05) is 0 Å². The standard InChI is InChI=1S/C32H45N3O4/c1-18(8-11-27(38)34-35-29-21-6-4-5-7-25(21)33-30(29)39)22-9-10-23-28-24(13-15-32(22,23)3)31(2)14-12-20(36)16-19(31)17-26(28)37/h4-7,18-20,22-24,26,28,33,36-37,39H,8-17H2,1-3H3. The van der Waals surface area contributed by atoms with Crippen molar-refractivity contribution in [3.8, 4) is 5.88 Å². The number of hydrogen-bond donors (Lipinski definition) is 4. The number of H-pyrrole nitrogens is 1. The number of carbonyl (C=O) groups is 1. The summed E-state index contributed by atoms with van der Waals surface area (Å²) in [4.78, 5) is 15.6. The average molecular weight is 536 g/mol. The second-order valence-corrected chi connectivity index (χ2v) is 13.9. The van der Waals surface area contributed by atoms with Gasteiger partial charge in [-0.1, -0.05) is 39.0 Å². The maximum absolute atomic E-state index is 12.7. The third kappa shape index (κ3) is 4.44. The average Bonchev–Trinajstić information content (AvgIpc) is 3.42. The van der Waals surface area contributed by atoms with Gasteiger partial charge < -0.3 is 20.3 Å². The number of nitrogens with zero attached hydrogens (tertiary/aromatic N) is 2. The number of benzene rings is 1. The molecule has 7 nitrogen and oxygen atoms in total. The Labute approximate surface area is 231 Å². The van der Waals surface area contributed by atoms with Crippen molar-refractivity contribution >= 4 is 22.5 Å². The van der Waals surface area contributed by atoms with Gasteiger partial charge in [0, 0.05) is 11.8 Å². The molecule has 0 radical (unpaired) electrons. The number of aromatic amines is 1. The van der Waals surface area contributed by atoms with Crippen LogP contribution in [-0.4, -0.2) is 38.4 Å². The molecule has 1 aromatic heterocycles. The van der Waals surface area contributed by atoms with Gasteiger partial charge in [0.25, 0.3) is 5.91 Å². The number of fused-ring (bicyclic) bond motifs is 6. The highest BCUT2D eigenvalue weighted by Gasteiger charge is 2.62. The highest BCUT2D eigenvalue weighted by atomic mass is 16.3. The summed E-state index contributed by atoms with van der Waals surface area (Å²) >= 11 is 0. The fourth-order valence-electron chi connectivity index (χ4n) is 10.1. The van der Waals surface area contributed by atoms with Crippen molar-refractivity contribution in [3.05, 3.63) is 24.3 Å². The molecule has 4 N–H and O–H groups in total. The summed E-state index contributed by atoms with van der Waals surface area (Å²) < 4.78 is 0. The third-order valence-corrected chi connectivity index (χ3v) is 12.2. The number of hydrogen-bond acceptors (Lipinski definition) is 5. The van der Waals surface area contributed by atoms with Crippen molar-refractivity contribution < 1.29 is 20.1 Å². The van der Waals surface area contributed by atoms with E-state index in [4.69, 9.17) is 0 Å². The molecule has 1 amide bonds. The van der Waals surface area contributed by atoms with Crippen LogP contribution < -0.4 is 0 Å². The van der Waals surface area contributed by atoms with Crippen LogP contribution in [0.3, 0.4) is 0 Å². The lowest BCUT2D eigenvalue weighted by Gasteiger charge is -2.62. The molecule has 10 atom stereocenters. The van der Waals surface area contributed by atoms with Crippen molar-refractivity contribution in [1.29, 1.82) is 0 Å². The lowest BCUT2D eigenvalue weighted by molar-refractivity contribution is -0.174. The molecule has 0 saturated heterocycles. The number of aromatic hydroxyl groups is 1. The van der Waals surface area contributed by atoms with E-state index in [1.165, 1.54) is 19.3 Å². The van der Waals surface area contributed by atoms with E-state index in [2.05, 4.69) is 36.0 Å². The van der Waals surface area contributed by atoms with Crippen LogP contribution in [0.2, 0.25) is 0 Å². The number of aliphatic hydroxyl groups is 2. The fourth-order valence-corrected chi connectivity index (χ4v) is 10.1. The molecule has 2 aromatic rings. The molecule has 4 aliphatic rings. The van der Waals surface area contributed by atoms with Crippen molar-refractivity contribution in [2.24, 2.45) is 56.6 Å². The maximum Gasteiger partial charge on any atom is 0.264 e. The van der Waals surface area contributed by atoms with E-state index in [0.717, 1.165) is 49.4 Å². The molecule has 0 aliphatic heterocycles. The molecule has 4 aliphatic carbocycles. The maximum atomic E-state index is 12.7. The minimum atomic E-state index is -0.264. The van der Waals surface area contributed by atoms with E-state index in [1.807, 2.05) is 24.3 Å². The van der Waals surface area contributed by atoms with Gasteiger partial charge in [-0.2, -0.15) is 0 Å². The van der Waals surface area contributed by atoms with Crippen molar-refractivity contribution in [3.63, 3.8) is 0 Å². The monoisotopic (exact) mass is 535 g/mol. The highest BCUT2D eigenvalue weighted by molar-refractivity contribution is 5.94. The minimum absolute atomic E-state index is 0.0730. The minimum Gasteiger partial charge on any atom is -0.493 e. The summed E-state index contributed by atoms with van der Waals surface area (Å²) in [5.74, 6) is 2.48. The molecule has 0 bridgehead atoms. The summed E-state index contributed by atoms with van der Waals surface area (Å²) in [7, 11) is 0. The van der Waals surface area contributed by atoms with Crippen LogP contribution in [0.25, 0.3) is 10.9 Å². The van der Waals surface area contributed by atoms with Crippen LogP contribution in [0, 0.1) is 46.3 Å². The molecule has 0 spiro atoms. The second kappa shape index (κ2) is 9.99. The van der Waals surface area contributed by atoms with Gasteiger partial charge in [0.15, 0.2) is 5.69 Å². The van der Waals surface area contributed by atoms with Gasteiger partial charge in [0.2, 0.25) is 5.88 Å². The molecule has 1 heterocycles. The number of aromatic nitrogens is 1. The zero-order valence-corrected chi connectivity index (χ0v) is 23.6. The Balaban J connectivity index is 1.11. The summed E-state index contributed by atoms with van der Waals surface area (Å²) in [6.07, 6.45) is 9.03. The molecule has 1 aromatic carbocycles. The first-order valence-corrected chi connectivity index (χ1v) is 15.2. The van der Waals surface area contributed by atoms with Crippen molar-refractivity contribution in [1.82, 2.24) is 4.98 Å². The second-order valence-electron chi connectivity index (χ2n) is 13.9. The zero-order valence-electron chi connectivity index (χ0n) is 23.6. The van der Waals surface area contributed by atoms with Gasteiger partial charge in [-0.05, 0) is 110 Å². The lowest BCUT2D eigenvalue weighted by Crippen LogP contribution is -2.58. The number of aliphatic hydroxyl groups excluding tert-OH is 2. The van der Waals surface area contributed by atoms with Crippen LogP contribution in [-0.2, 0) is 4.79 Å². The van der Waals surface area contributed by atoms with E-state index >= 15 is 0 Å². The predicted octanol–water partition coefficient (Wildman–Crippen LogP) is 6.89. The SMILES string of the molecule is CC(CCC(=O)N=Nc1c(O)[nH]c2ccccc12)C1CCC2C3C(O)CC4CC(O)CCC4(C)C3CCC12C. The molecular formula is C32H45N3O4. The highest BCUT2D eigenvalue weighted by Crippen LogP contribution is 2.68. The molecular weight excluding hydrogens is 490 g/mol. The Hall–Kier alpha value is -2.25. The Bertz CT molecular complexity index is 1260. The smallest absolute Gasteiger partial charge is 0.264 e. The summed E-state index contributed by atoms with van der Waals surface area (Å²) in [5.41, 5.74) is 1.51. The van der Waals surface area contributed by atoms with Crippen LogP contribution in [0.5, 0.6) is 5.88 Å². The number of azo groups is 1. The molecule has 10 unspecified atom stereocenters. The topological polar surface area (TPSA) is 118 Å². The normalized spacial score (nSPS) is 40.8. The largest absolute Gasteiger partial charge is 0.493 e. The Morgan fingerprint density at radius 1 is 1.05 bits per heavy atom. The van der Waals surface area contributed by atoms with Gasteiger partial charge in [0.1, 0.15) is 0 Å². The fraction of sp³-hybridized carbons (Fsp3) is 0.719. The third-order valence-electron chi connectivity index (χ3n) is 12.2. The number of nitrogens with one attached hydrogen (secondary N) is 1. The number of carbonyl (C=O) groups excluding carboxylic acids is 1. The van der Waals surface area contributed by atoms with Gasteiger partial charge in [0.05, 0.1) is 17.7 Å². The van der Waals surface area contributed by atoms with Gasteiger partial charge >= 0.3 is 0 Å². The molecule has 4 fully saturated rings. The lowest BCUT2D eigenvalue weighted by atomic mass is 9.43. The first-order chi connectivity index (χ1) is 18.6. The van der Waals surface area contributed by atoms with Crippen LogP contribution in [0.4, 0.5) is 5.69 Å². The van der Waals surface area contributed by atoms with Crippen LogP contribution >= 0.6 is 0 Å². The summed E-state index contributed by atoms with van der Waals surface area (Å²) in [5, 5.41) is 40.8. The molecule has 39 heavy (non-hydrogen) atoms. The van der Waals surface area contributed by atoms with E-state index in [-0.39, 0.29) is 34.8 Å². The van der Waals surface area contributed by atoms with E-state index in [0.29, 0.717) is 47.6 Å². The van der Waals surface area contributed by atoms with E-state index < -0.39 is 0 Å². The first kappa shape index (κ1) is 26.9. The van der Waals surface area contributed by atoms with Gasteiger partial charge in [-0.3, -0.25) is 4.79 Å². The molecule has 7 heteroatoms. The van der Waals surface area contributed by atoms with Crippen LogP contribution in [0.15, 0.2) is 34.5 Å². The first-order valence-electron chi connectivity index (χ1n) is 15.2. The van der Waals surface area contributed by atoms with Crippen LogP contribution in [0.1, 0.15) is 85.0 Å².